The lowest BCUT2D eigenvalue weighted by Gasteiger charge is -2.28. The highest BCUT2D eigenvalue weighted by Gasteiger charge is 2.35. The molecule has 2 fully saturated rings. The number of hydrogen-bond donors (Lipinski definition) is 0. The molecule has 0 N–H and O–H groups in total. The highest BCUT2D eigenvalue weighted by molar-refractivity contribution is 5.78. The van der Waals surface area contributed by atoms with Crippen LogP contribution in [-0.2, 0) is 4.74 Å². The fourth-order valence-electron chi connectivity index (χ4n) is 4.48. The predicted molar refractivity (Wildman–Crippen MR) is 109 cm³/mol. The molecule has 2 atom stereocenters. The van der Waals surface area contributed by atoms with E-state index in [1.807, 2.05) is 6.20 Å². The van der Waals surface area contributed by atoms with Gasteiger partial charge in [0.25, 0.3) is 6.02 Å². The molecule has 146 valence electrons. The molecule has 1 aliphatic carbocycles. The highest BCUT2D eigenvalue weighted by atomic mass is 16.6. The lowest BCUT2D eigenvalue weighted by atomic mass is 9.84. The topological polar surface area (TPSA) is 34.1 Å². The zero-order valence-corrected chi connectivity index (χ0v) is 16.6. The second-order valence-electron chi connectivity index (χ2n) is 8.56. The average Bonchev–Trinajstić information content (AvgIpc) is 3.11. The first-order valence-corrected chi connectivity index (χ1v) is 10.6. The van der Waals surface area contributed by atoms with Gasteiger partial charge in [0, 0.05) is 6.20 Å². The molecule has 0 spiro atoms. The molecule has 1 saturated carbocycles. The minimum absolute atomic E-state index is 0.0383. The van der Waals surface area contributed by atoms with Crippen LogP contribution >= 0.6 is 0 Å². The summed E-state index contributed by atoms with van der Waals surface area (Å²) in [6.07, 6.45) is 12.0. The Morgan fingerprint density at radius 3 is 2.67 bits per heavy atom. The van der Waals surface area contributed by atoms with Crippen LogP contribution in [0.25, 0.3) is 0 Å². The quantitative estimate of drug-likeness (QED) is 0.699. The summed E-state index contributed by atoms with van der Waals surface area (Å²) in [6, 6.07) is 9.87. The van der Waals surface area contributed by atoms with Crippen molar-refractivity contribution in [3.8, 4) is 5.75 Å². The predicted octanol–water partition coefficient (Wildman–Crippen LogP) is 5.11. The molecular weight excluding hydrogens is 336 g/mol. The molecule has 27 heavy (non-hydrogen) atoms. The Labute approximate surface area is 163 Å². The van der Waals surface area contributed by atoms with Gasteiger partial charge in [-0.2, -0.15) is 0 Å². The number of benzene rings is 1. The SMILES string of the molecule is CC(C)CC1C=CN=C2O[C@H](COc3ccc(C4CCCCC4)cc3)CN21. The first-order valence-electron chi connectivity index (χ1n) is 10.6. The number of nitrogens with zero attached hydrogens (tertiary/aromatic N) is 2. The Morgan fingerprint density at radius 2 is 1.93 bits per heavy atom. The zero-order valence-electron chi connectivity index (χ0n) is 16.6. The van der Waals surface area contributed by atoms with Gasteiger partial charge in [0.1, 0.15) is 12.4 Å². The van der Waals surface area contributed by atoms with E-state index in [1.165, 1.54) is 37.7 Å². The van der Waals surface area contributed by atoms with Gasteiger partial charge in [-0.1, -0.05) is 45.2 Å². The van der Waals surface area contributed by atoms with Crippen LogP contribution < -0.4 is 4.74 Å². The van der Waals surface area contributed by atoms with Gasteiger partial charge in [-0.3, -0.25) is 0 Å². The summed E-state index contributed by atoms with van der Waals surface area (Å²) in [7, 11) is 0. The minimum atomic E-state index is 0.0383. The summed E-state index contributed by atoms with van der Waals surface area (Å²) in [5.41, 5.74) is 1.47. The molecule has 1 unspecified atom stereocenters. The molecule has 0 radical (unpaired) electrons. The summed E-state index contributed by atoms with van der Waals surface area (Å²) in [5.74, 6) is 2.32. The standard InChI is InChI=1S/C23H32N2O2/c1-17(2)14-20-12-13-24-23-25(20)15-22(27-23)16-26-21-10-8-19(9-11-21)18-6-4-3-5-7-18/h8-13,17-18,20,22H,3-7,14-16H2,1-2H3/t20?,22-/m0/s1. The average molecular weight is 369 g/mol. The monoisotopic (exact) mass is 368 g/mol. The maximum Gasteiger partial charge on any atom is 0.293 e. The summed E-state index contributed by atoms with van der Waals surface area (Å²) in [5, 5.41) is 0. The van der Waals surface area contributed by atoms with Crippen LogP contribution in [0.4, 0.5) is 0 Å². The van der Waals surface area contributed by atoms with E-state index in [-0.39, 0.29) is 6.10 Å². The van der Waals surface area contributed by atoms with Crippen LogP contribution in [0.3, 0.4) is 0 Å². The van der Waals surface area contributed by atoms with Crippen LogP contribution in [-0.4, -0.2) is 36.2 Å². The van der Waals surface area contributed by atoms with E-state index >= 15 is 0 Å². The summed E-state index contributed by atoms with van der Waals surface area (Å²) in [4.78, 5) is 6.68. The van der Waals surface area contributed by atoms with Crippen LogP contribution in [0.5, 0.6) is 5.75 Å². The van der Waals surface area contributed by atoms with E-state index in [0.717, 1.165) is 30.7 Å². The zero-order chi connectivity index (χ0) is 18.6. The molecule has 0 bridgehead atoms. The van der Waals surface area contributed by atoms with Crippen molar-refractivity contribution in [1.29, 1.82) is 0 Å². The Kier molecular flexibility index (Phi) is 5.70. The number of ether oxygens (including phenoxy) is 2. The van der Waals surface area contributed by atoms with Crippen LogP contribution in [0, 0.1) is 5.92 Å². The lowest BCUT2D eigenvalue weighted by molar-refractivity contribution is 0.145. The minimum Gasteiger partial charge on any atom is -0.490 e. The maximum atomic E-state index is 6.03. The number of aliphatic imine (C=N–C) groups is 1. The van der Waals surface area contributed by atoms with E-state index in [1.54, 1.807) is 0 Å². The van der Waals surface area contributed by atoms with E-state index < -0.39 is 0 Å². The lowest BCUT2D eigenvalue weighted by Crippen LogP contribution is -2.38. The van der Waals surface area contributed by atoms with Gasteiger partial charge >= 0.3 is 0 Å². The van der Waals surface area contributed by atoms with Gasteiger partial charge in [0.15, 0.2) is 6.10 Å². The third kappa shape index (κ3) is 4.48. The van der Waals surface area contributed by atoms with Crippen molar-refractivity contribution < 1.29 is 9.47 Å². The fraction of sp³-hybridized carbons (Fsp3) is 0.609. The molecule has 0 amide bonds. The summed E-state index contributed by atoms with van der Waals surface area (Å²) in [6.45, 7) is 5.93. The van der Waals surface area contributed by atoms with Crippen molar-refractivity contribution in [3.05, 3.63) is 42.1 Å². The first kappa shape index (κ1) is 18.4. The molecule has 1 aromatic rings. The summed E-state index contributed by atoms with van der Waals surface area (Å²) >= 11 is 0. The number of fused-ring (bicyclic) bond motifs is 1. The number of hydrogen-bond acceptors (Lipinski definition) is 4. The van der Waals surface area contributed by atoms with Gasteiger partial charge in [-0.05, 0) is 54.9 Å². The van der Waals surface area contributed by atoms with Crippen molar-refractivity contribution in [3.63, 3.8) is 0 Å². The van der Waals surface area contributed by atoms with Gasteiger partial charge < -0.3 is 14.4 Å². The molecule has 2 heterocycles. The Balaban J connectivity index is 1.29. The van der Waals surface area contributed by atoms with Crippen molar-refractivity contribution in [1.82, 2.24) is 4.90 Å². The van der Waals surface area contributed by atoms with E-state index in [0.29, 0.717) is 18.6 Å². The third-order valence-electron chi connectivity index (χ3n) is 5.92. The third-order valence-corrected chi connectivity index (χ3v) is 5.92. The van der Waals surface area contributed by atoms with Crippen molar-refractivity contribution in [2.75, 3.05) is 13.2 Å². The molecule has 1 saturated heterocycles. The highest BCUT2D eigenvalue weighted by Crippen LogP contribution is 2.33. The van der Waals surface area contributed by atoms with Crippen LogP contribution in [0.2, 0.25) is 0 Å². The molecule has 4 rings (SSSR count). The largest absolute Gasteiger partial charge is 0.490 e. The molecule has 3 aliphatic rings. The number of amidine groups is 1. The van der Waals surface area contributed by atoms with Crippen molar-refractivity contribution in [2.45, 2.75) is 70.4 Å². The van der Waals surface area contributed by atoms with Crippen LogP contribution in [0.15, 0.2) is 41.5 Å². The molecule has 1 aromatic carbocycles. The Hall–Kier alpha value is -1.97. The Morgan fingerprint density at radius 1 is 1.15 bits per heavy atom. The molecule has 4 heteroatoms. The van der Waals surface area contributed by atoms with Gasteiger partial charge in [0.05, 0.1) is 12.6 Å². The normalized spacial score (nSPS) is 25.3. The second-order valence-corrected chi connectivity index (χ2v) is 8.56. The van der Waals surface area contributed by atoms with Gasteiger partial charge in [-0.25, -0.2) is 4.99 Å². The maximum absolute atomic E-state index is 6.03. The molecular formula is C23H32N2O2. The van der Waals surface area contributed by atoms with Gasteiger partial charge in [0.2, 0.25) is 0 Å². The Bertz CT molecular complexity index is 674. The second kappa shape index (κ2) is 8.37. The fourth-order valence-corrected chi connectivity index (χ4v) is 4.48. The van der Waals surface area contributed by atoms with E-state index in [2.05, 4.69) is 54.1 Å². The van der Waals surface area contributed by atoms with Crippen molar-refractivity contribution in [2.24, 2.45) is 10.9 Å². The smallest absolute Gasteiger partial charge is 0.293 e. The van der Waals surface area contributed by atoms with Crippen LogP contribution in [0.1, 0.15) is 63.9 Å². The summed E-state index contributed by atoms with van der Waals surface area (Å²) < 4.78 is 12.0. The first-order chi connectivity index (χ1) is 13.2. The molecule has 0 aromatic heterocycles. The van der Waals surface area contributed by atoms with Crippen molar-refractivity contribution >= 4 is 6.02 Å². The molecule has 4 nitrogen and oxygen atoms in total. The van der Waals surface area contributed by atoms with Gasteiger partial charge in [-0.15, -0.1) is 0 Å². The number of rotatable bonds is 6. The van der Waals surface area contributed by atoms with E-state index in [9.17, 15) is 0 Å². The van der Waals surface area contributed by atoms with E-state index in [4.69, 9.17) is 9.47 Å². The molecule has 2 aliphatic heterocycles.